The van der Waals surface area contributed by atoms with Crippen LogP contribution < -0.4 is 0 Å². The Morgan fingerprint density at radius 3 is 2.44 bits per heavy atom. The van der Waals surface area contributed by atoms with Crippen molar-refractivity contribution >= 4 is 32.7 Å². The molecule has 0 spiro atoms. The van der Waals surface area contributed by atoms with Crippen LogP contribution in [0.3, 0.4) is 0 Å². The molecule has 1 rings (SSSR count). The van der Waals surface area contributed by atoms with Gasteiger partial charge < -0.3 is 0 Å². The Balaban J connectivity index is 2.59. The van der Waals surface area contributed by atoms with E-state index in [9.17, 15) is 0 Å². The Bertz CT molecular complexity index is 160. The summed E-state index contributed by atoms with van der Waals surface area (Å²) in [6, 6.07) is 0. The standard InChI is InChI=1S/C6H7AsCl2/c1-5-2-3-6(4-5)7(8)9/h2-4,6H,1H3. The van der Waals surface area contributed by atoms with Gasteiger partial charge in [-0.1, -0.05) is 0 Å². The van der Waals surface area contributed by atoms with Crippen molar-refractivity contribution in [2.24, 2.45) is 0 Å². The minimum atomic E-state index is -1.54. The minimum absolute atomic E-state index is 0.376. The fraction of sp³-hybridized carbons (Fsp3) is 0.333. The zero-order valence-corrected chi connectivity index (χ0v) is 8.40. The molecule has 0 radical (unpaired) electrons. The topological polar surface area (TPSA) is 0 Å². The second-order valence-corrected chi connectivity index (χ2v) is 9.04. The third kappa shape index (κ3) is 2.04. The van der Waals surface area contributed by atoms with Gasteiger partial charge in [-0.15, -0.1) is 0 Å². The molecule has 3 heteroatoms. The molecular formula is C6H7AsCl2. The van der Waals surface area contributed by atoms with Crippen LogP contribution in [0.2, 0.25) is 4.71 Å². The first kappa shape index (κ1) is 7.72. The van der Waals surface area contributed by atoms with Crippen molar-refractivity contribution in [1.29, 1.82) is 0 Å². The number of allylic oxidation sites excluding steroid dienone is 4. The zero-order valence-electron chi connectivity index (χ0n) is 5.01. The summed E-state index contributed by atoms with van der Waals surface area (Å²) in [4.78, 5) is 0. The van der Waals surface area contributed by atoms with E-state index in [4.69, 9.17) is 19.9 Å². The monoisotopic (exact) mass is 224 g/mol. The van der Waals surface area contributed by atoms with Gasteiger partial charge in [-0.3, -0.25) is 0 Å². The van der Waals surface area contributed by atoms with Gasteiger partial charge in [0.1, 0.15) is 0 Å². The summed E-state index contributed by atoms with van der Waals surface area (Å²) in [6.07, 6.45) is 6.27. The Kier molecular flexibility index (Phi) is 2.70. The van der Waals surface area contributed by atoms with E-state index in [0.29, 0.717) is 4.71 Å². The van der Waals surface area contributed by atoms with Gasteiger partial charge in [0.15, 0.2) is 0 Å². The molecule has 50 valence electrons. The van der Waals surface area contributed by atoms with E-state index in [2.05, 4.69) is 25.2 Å². The zero-order chi connectivity index (χ0) is 6.85. The molecule has 0 amide bonds. The SMILES string of the molecule is CC1=CC([As](Cl)Cl)C=C1. The predicted octanol–water partition coefficient (Wildman–Crippen LogP) is 2.84. The van der Waals surface area contributed by atoms with Gasteiger partial charge in [-0.25, -0.2) is 0 Å². The van der Waals surface area contributed by atoms with Crippen molar-refractivity contribution in [2.75, 3.05) is 0 Å². The molecule has 0 heterocycles. The molecule has 0 aromatic heterocycles. The molecular weight excluding hydrogens is 218 g/mol. The van der Waals surface area contributed by atoms with Crippen LogP contribution in [0.15, 0.2) is 23.8 Å². The van der Waals surface area contributed by atoms with Gasteiger partial charge >= 0.3 is 68.1 Å². The molecule has 0 N–H and O–H groups in total. The van der Waals surface area contributed by atoms with Crippen LogP contribution >= 0.6 is 19.9 Å². The summed E-state index contributed by atoms with van der Waals surface area (Å²) in [5, 5.41) is 0. The Labute approximate surface area is 68.1 Å². The molecule has 1 aliphatic carbocycles. The normalized spacial score (nSPS) is 25.3. The van der Waals surface area contributed by atoms with Gasteiger partial charge in [-0.05, 0) is 0 Å². The molecule has 0 nitrogen and oxygen atoms in total. The van der Waals surface area contributed by atoms with E-state index in [0.717, 1.165) is 0 Å². The van der Waals surface area contributed by atoms with Gasteiger partial charge in [0, 0.05) is 0 Å². The molecule has 0 bridgehead atoms. The molecule has 9 heavy (non-hydrogen) atoms. The van der Waals surface area contributed by atoms with E-state index >= 15 is 0 Å². The molecule has 0 aromatic carbocycles. The van der Waals surface area contributed by atoms with Crippen LogP contribution in [0.1, 0.15) is 6.92 Å². The molecule has 0 saturated heterocycles. The Morgan fingerprint density at radius 1 is 1.56 bits per heavy atom. The molecule has 0 aromatic rings. The summed E-state index contributed by atoms with van der Waals surface area (Å²) < 4.78 is 0.376. The van der Waals surface area contributed by atoms with Crippen molar-refractivity contribution in [3.05, 3.63) is 23.8 Å². The summed E-state index contributed by atoms with van der Waals surface area (Å²) in [6.45, 7) is 2.06. The summed E-state index contributed by atoms with van der Waals surface area (Å²) in [7, 11) is 11.5. The predicted molar refractivity (Wildman–Crippen MR) is 44.1 cm³/mol. The van der Waals surface area contributed by atoms with E-state index in [1.165, 1.54) is 5.57 Å². The van der Waals surface area contributed by atoms with Gasteiger partial charge in [-0.2, -0.15) is 0 Å². The van der Waals surface area contributed by atoms with Crippen LogP contribution in [0.25, 0.3) is 0 Å². The first-order valence-electron chi connectivity index (χ1n) is 2.67. The fourth-order valence-electron chi connectivity index (χ4n) is 0.752. The number of hydrogen-bond donors (Lipinski definition) is 0. The average Bonchev–Trinajstić information content (AvgIpc) is 2.14. The second-order valence-electron chi connectivity index (χ2n) is 2.02. The van der Waals surface area contributed by atoms with Crippen LogP contribution in [0, 0.1) is 0 Å². The van der Waals surface area contributed by atoms with Crippen LogP contribution in [0.4, 0.5) is 0 Å². The number of rotatable bonds is 1. The Morgan fingerprint density at radius 2 is 2.22 bits per heavy atom. The first-order chi connectivity index (χ1) is 4.20. The quantitative estimate of drug-likeness (QED) is 0.602. The van der Waals surface area contributed by atoms with Crippen molar-refractivity contribution in [3.63, 3.8) is 0 Å². The third-order valence-electron chi connectivity index (χ3n) is 1.22. The van der Waals surface area contributed by atoms with E-state index in [1.54, 1.807) is 0 Å². The maximum atomic E-state index is 5.76. The maximum absolute atomic E-state index is 5.76. The molecule has 0 aliphatic heterocycles. The average molecular weight is 225 g/mol. The molecule has 1 unspecified atom stereocenters. The van der Waals surface area contributed by atoms with Crippen molar-refractivity contribution in [3.8, 4) is 0 Å². The van der Waals surface area contributed by atoms with Gasteiger partial charge in [0.2, 0.25) is 0 Å². The molecule has 0 saturated carbocycles. The van der Waals surface area contributed by atoms with Crippen LogP contribution in [-0.4, -0.2) is 12.8 Å². The molecule has 1 atom stereocenters. The van der Waals surface area contributed by atoms with Gasteiger partial charge in [0.05, 0.1) is 0 Å². The summed E-state index contributed by atoms with van der Waals surface area (Å²) >= 11 is -1.54. The van der Waals surface area contributed by atoms with Gasteiger partial charge in [0.25, 0.3) is 0 Å². The van der Waals surface area contributed by atoms with Crippen molar-refractivity contribution < 1.29 is 0 Å². The third-order valence-corrected chi connectivity index (χ3v) is 5.18. The summed E-state index contributed by atoms with van der Waals surface area (Å²) in [5.41, 5.74) is 1.28. The molecule has 0 fully saturated rings. The number of hydrogen-bond acceptors (Lipinski definition) is 0. The fourth-order valence-corrected chi connectivity index (χ4v) is 3.20. The molecule has 1 aliphatic rings. The van der Waals surface area contributed by atoms with Crippen molar-refractivity contribution in [1.82, 2.24) is 0 Å². The van der Waals surface area contributed by atoms with Crippen LogP contribution in [0.5, 0.6) is 0 Å². The van der Waals surface area contributed by atoms with Crippen molar-refractivity contribution in [2.45, 2.75) is 11.6 Å². The number of halogens is 2. The van der Waals surface area contributed by atoms with Crippen LogP contribution in [-0.2, 0) is 0 Å². The summed E-state index contributed by atoms with van der Waals surface area (Å²) in [5.74, 6) is 0. The van der Waals surface area contributed by atoms with E-state index < -0.39 is 12.8 Å². The second kappa shape index (κ2) is 3.14. The van der Waals surface area contributed by atoms with E-state index in [-0.39, 0.29) is 0 Å². The van der Waals surface area contributed by atoms with E-state index in [1.807, 2.05) is 0 Å². The Hall–Kier alpha value is 0.618. The first-order valence-corrected chi connectivity index (χ1v) is 8.69.